The molecule has 0 aromatic heterocycles. The van der Waals surface area contributed by atoms with Crippen LogP contribution < -0.4 is 10.5 Å². The Balaban J connectivity index is 3.29. The minimum atomic E-state index is -1.36. The summed E-state index contributed by atoms with van der Waals surface area (Å²) in [5.41, 5.74) is 4.80. The van der Waals surface area contributed by atoms with Gasteiger partial charge in [-0.3, -0.25) is 4.79 Å². The van der Waals surface area contributed by atoms with Gasteiger partial charge in [-0.1, -0.05) is 0 Å². The first kappa shape index (κ1) is 13.1. The predicted octanol–water partition coefficient (Wildman–Crippen LogP) is 1.06. The lowest BCUT2D eigenvalue weighted by Crippen LogP contribution is -2.11. The first-order chi connectivity index (χ1) is 8.01. The molecule has 1 rings (SSSR count). The Hall–Kier alpha value is -1.95. The fourth-order valence-corrected chi connectivity index (χ4v) is 1.40. The maximum Gasteiger partial charge on any atom is 0.339 e. The van der Waals surface area contributed by atoms with Crippen LogP contribution in [0.3, 0.4) is 0 Å². The zero-order valence-corrected chi connectivity index (χ0v) is 9.20. The van der Waals surface area contributed by atoms with Crippen molar-refractivity contribution in [2.75, 3.05) is 13.7 Å². The lowest BCUT2D eigenvalue weighted by molar-refractivity contribution is 0.0692. The van der Waals surface area contributed by atoms with E-state index in [0.717, 1.165) is 19.2 Å². The second-order valence-electron chi connectivity index (χ2n) is 3.31. The van der Waals surface area contributed by atoms with Crippen molar-refractivity contribution in [3.05, 3.63) is 29.1 Å². The van der Waals surface area contributed by atoms with Crippen LogP contribution >= 0.6 is 0 Å². The number of carboxylic acids is 1. The number of rotatable bonds is 5. The Labute approximate surface area is 97.0 Å². The zero-order chi connectivity index (χ0) is 13.0. The summed E-state index contributed by atoms with van der Waals surface area (Å²) in [6.07, 6.45) is 0.0326. The molecule has 0 fully saturated rings. The van der Waals surface area contributed by atoms with Gasteiger partial charge in [0.15, 0.2) is 17.3 Å². The van der Waals surface area contributed by atoms with Gasteiger partial charge in [0, 0.05) is 12.0 Å². The van der Waals surface area contributed by atoms with Crippen LogP contribution in [-0.2, 0) is 0 Å². The second kappa shape index (κ2) is 5.40. The number of ketones is 1. The molecule has 0 unspecified atom stereocenters. The van der Waals surface area contributed by atoms with E-state index in [0.29, 0.717) is 0 Å². The summed E-state index contributed by atoms with van der Waals surface area (Å²) >= 11 is 0. The van der Waals surface area contributed by atoms with Crippen molar-refractivity contribution < 1.29 is 23.8 Å². The van der Waals surface area contributed by atoms with E-state index in [1.54, 1.807) is 0 Å². The normalized spacial score (nSPS) is 10.1. The smallest absolute Gasteiger partial charge is 0.339 e. The van der Waals surface area contributed by atoms with Crippen molar-refractivity contribution in [3.63, 3.8) is 0 Å². The third kappa shape index (κ3) is 2.79. The number of hydrogen-bond acceptors (Lipinski definition) is 4. The molecule has 0 amide bonds. The van der Waals surface area contributed by atoms with Crippen LogP contribution in [0.1, 0.15) is 27.1 Å². The Morgan fingerprint density at radius 1 is 1.47 bits per heavy atom. The highest BCUT2D eigenvalue weighted by atomic mass is 19.1. The molecule has 0 aliphatic heterocycles. The molecule has 92 valence electrons. The number of ether oxygens (including phenoxy) is 1. The molecular weight excluding hydrogens is 229 g/mol. The number of hydrogen-bond donors (Lipinski definition) is 2. The van der Waals surface area contributed by atoms with Crippen LogP contribution in [0.5, 0.6) is 5.75 Å². The zero-order valence-electron chi connectivity index (χ0n) is 9.20. The monoisotopic (exact) mass is 241 g/mol. The molecule has 0 atom stereocenters. The van der Waals surface area contributed by atoms with Crippen molar-refractivity contribution >= 4 is 11.8 Å². The molecule has 1 aromatic rings. The average molecular weight is 241 g/mol. The third-order valence-corrected chi connectivity index (χ3v) is 2.17. The first-order valence-electron chi connectivity index (χ1n) is 4.85. The summed E-state index contributed by atoms with van der Waals surface area (Å²) in [7, 11) is 1.16. The lowest BCUT2D eigenvalue weighted by atomic mass is 10.0. The number of carbonyl (C=O) groups excluding carboxylic acids is 1. The average Bonchev–Trinajstić information content (AvgIpc) is 2.28. The van der Waals surface area contributed by atoms with Crippen molar-refractivity contribution in [3.8, 4) is 5.75 Å². The van der Waals surface area contributed by atoms with E-state index in [4.69, 9.17) is 10.8 Å². The number of benzene rings is 1. The maximum atomic E-state index is 13.5. The summed E-state index contributed by atoms with van der Waals surface area (Å²) < 4.78 is 18.1. The van der Waals surface area contributed by atoms with Crippen LogP contribution in [0.2, 0.25) is 0 Å². The number of Topliss-reactive ketones (excluding diaryl/α,β-unsaturated/α-hetero) is 1. The number of aromatic carboxylic acids is 1. The van der Waals surface area contributed by atoms with Crippen LogP contribution in [0.25, 0.3) is 0 Å². The maximum absolute atomic E-state index is 13.5. The highest BCUT2D eigenvalue weighted by Gasteiger charge is 2.19. The van der Waals surface area contributed by atoms with Crippen molar-refractivity contribution in [2.24, 2.45) is 5.73 Å². The van der Waals surface area contributed by atoms with E-state index >= 15 is 0 Å². The fraction of sp³-hybridized carbons (Fsp3) is 0.273. The van der Waals surface area contributed by atoms with E-state index in [1.807, 2.05) is 0 Å². The van der Waals surface area contributed by atoms with Gasteiger partial charge in [-0.05, 0) is 18.7 Å². The molecule has 1 aromatic carbocycles. The quantitative estimate of drug-likeness (QED) is 0.752. The molecule has 3 N–H and O–H groups in total. The minimum absolute atomic E-state index is 0.0221. The van der Waals surface area contributed by atoms with E-state index < -0.39 is 17.6 Å². The highest BCUT2D eigenvalue weighted by molar-refractivity contribution is 6.00. The van der Waals surface area contributed by atoms with Gasteiger partial charge in [0.2, 0.25) is 0 Å². The summed E-state index contributed by atoms with van der Waals surface area (Å²) in [5.74, 6) is -3.03. The Bertz CT molecular complexity index is 459. The SMILES string of the molecule is COc1c(F)cc(C(=O)CCN)cc1C(=O)O. The van der Waals surface area contributed by atoms with Gasteiger partial charge >= 0.3 is 5.97 Å². The number of carboxylic acid groups (broad SMARTS) is 1. The number of carbonyl (C=O) groups is 2. The largest absolute Gasteiger partial charge is 0.493 e. The summed E-state index contributed by atoms with van der Waals surface area (Å²) in [5, 5.41) is 8.87. The number of methoxy groups -OCH3 is 1. The summed E-state index contributed by atoms with van der Waals surface area (Å²) in [6, 6.07) is 2.03. The fourth-order valence-electron chi connectivity index (χ4n) is 1.40. The molecule has 6 heteroatoms. The predicted molar refractivity (Wildman–Crippen MR) is 57.9 cm³/mol. The molecular formula is C11H12FNO4. The molecule has 5 nitrogen and oxygen atoms in total. The molecule has 0 spiro atoms. The minimum Gasteiger partial charge on any atom is -0.493 e. The van der Waals surface area contributed by atoms with Gasteiger partial charge in [0.1, 0.15) is 5.56 Å². The van der Waals surface area contributed by atoms with Gasteiger partial charge in [-0.15, -0.1) is 0 Å². The van der Waals surface area contributed by atoms with Crippen LogP contribution in [0, 0.1) is 5.82 Å². The Kier molecular flexibility index (Phi) is 4.17. The molecule has 17 heavy (non-hydrogen) atoms. The molecule has 0 saturated heterocycles. The van der Waals surface area contributed by atoms with Gasteiger partial charge in [0.05, 0.1) is 7.11 Å². The second-order valence-corrected chi connectivity index (χ2v) is 3.31. The molecule has 0 heterocycles. The lowest BCUT2D eigenvalue weighted by Gasteiger charge is -2.08. The molecule has 0 saturated carbocycles. The molecule has 0 bridgehead atoms. The van der Waals surface area contributed by atoms with Gasteiger partial charge in [-0.25, -0.2) is 9.18 Å². The highest BCUT2D eigenvalue weighted by Crippen LogP contribution is 2.25. The first-order valence-corrected chi connectivity index (χ1v) is 4.85. The number of nitrogens with two attached hydrogens (primary N) is 1. The molecule has 0 aliphatic carbocycles. The standard InChI is InChI=1S/C11H12FNO4/c1-17-10-7(11(15)16)4-6(5-8(10)12)9(14)2-3-13/h4-5H,2-3,13H2,1H3,(H,15,16). The number of halogens is 1. The van der Waals surface area contributed by atoms with Crippen LogP contribution in [0.15, 0.2) is 12.1 Å². The van der Waals surface area contributed by atoms with Crippen molar-refractivity contribution in [1.82, 2.24) is 0 Å². The van der Waals surface area contributed by atoms with Crippen LogP contribution in [-0.4, -0.2) is 30.5 Å². The van der Waals surface area contributed by atoms with E-state index in [1.165, 1.54) is 0 Å². The molecule has 0 aliphatic rings. The molecule has 0 radical (unpaired) electrons. The summed E-state index contributed by atoms with van der Waals surface area (Å²) in [4.78, 5) is 22.4. The van der Waals surface area contributed by atoms with Gasteiger partial charge < -0.3 is 15.6 Å². The Morgan fingerprint density at radius 3 is 2.59 bits per heavy atom. The van der Waals surface area contributed by atoms with Gasteiger partial charge in [-0.2, -0.15) is 0 Å². The van der Waals surface area contributed by atoms with Crippen molar-refractivity contribution in [2.45, 2.75) is 6.42 Å². The van der Waals surface area contributed by atoms with Gasteiger partial charge in [0.25, 0.3) is 0 Å². The summed E-state index contributed by atoms with van der Waals surface area (Å²) in [6.45, 7) is 0.120. The van der Waals surface area contributed by atoms with E-state index in [-0.39, 0.29) is 29.8 Å². The van der Waals surface area contributed by atoms with E-state index in [2.05, 4.69) is 4.74 Å². The third-order valence-electron chi connectivity index (χ3n) is 2.17. The topological polar surface area (TPSA) is 89.6 Å². The van der Waals surface area contributed by atoms with Crippen molar-refractivity contribution in [1.29, 1.82) is 0 Å². The Morgan fingerprint density at radius 2 is 2.12 bits per heavy atom. The van der Waals surface area contributed by atoms with E-state index in [9.17, 15) is 14.0 Å². The van der Waals surface area contributed by atoms with Crippen LogP contribution in [0.4, 0.5) is 4.39 Å².